The van der Waals surface area contributed by atoms with Gasteiger partial charge in [0.15, 0.2) is 0 Å². The molecule has 0 aromatic rings. The minimum absolute atomic E-state index is 0.202. The van der Waals surface area contributed by atoms with Gasteiger partial charge in [-0.3, -0.25) is 0 Å². The predicted octanol–water partition coefficient (Wildman–Crippen LogP) is -0.370. The Labute approximate surface area is 97.9 Å². The molecule has 6 heteroatoms. The first-order chi connectivity index (χ1) is 7.54. The van der Waals surface area contributed by atoms with Gasteiger partial charge in [0.1, 0.15) is 0 Å². The van der Waals surface area contributed by atoms with Crippen molar-refractivity contribution in [1.29, 1.82) is 0 Å². The molecular weight excluding hydrogens is 228 g/mol. The summed E-state index contributed by atoms with van der Waals surface area (Å²) >= 11 is 0. The zero-order valence-corrected chi connectivity index (χ0v) is 10.7. The van der Waals surface area contributed by atoms with Crippen molar-refractivity contribution in [2.75, 3.05) is 39.0 Å². The van der Waals surface area contributed by atoms with E-state index in [1.165, 1.54) is 6.26 Å². The van der Waals surface area contributed by atoms with E-state index in [0.717, 1.165) is 32.4 Å². The summed E-state index contributed by atoms with van der Waals surface area (Å²) in [5, 5.41) is 11.9. The summed E-state index contributed by atoms with van der Waals surface area (Å²) in [6, 6.07) is 0. The summed E-state index contributed by atoms with van der Waals surface area (Å²) in [7, 11) is -3.03. The van der Waals surface area contributed by atoms with E-state index >= 15 is 0 Å². The van der Waals surface area contributed by atoms with Gasteiger partial charge >= 0.3 is 0 Å². The lowest BCUT2D eigenvalue weighted by Gasteiger charge is -2.31. The Kier molecular flexibility index (Phi) is 5.68. The van der Waals surface area contributed by atoms with Crippen LogP contribution in [-0.2, 0) is 10.0 Å². The topological polar surface area (TPSA) is 69.6 Å². The molecule has 0 aliphatic carbocycles. The Balaban J connectivity index is 2.28. The van der Waals surface area contributed by atoms with Gasteiger partial charge in [-0.1, -0.05) is 0 Å². The number of nitrogens with one attached hydrogen (secondary N) is 1. The summed E-state index contributed by atoms with van der Waals surface area (Å²) in [6.45, 7) is 3.13. The third kappa shape index (κ3) is 4.78. The zero-order valence-electron chi connectivity index (χ0n) is 9.85. The van der Waals surface area contributed by atoms with Crippen molar-refractivity contribution in [2.45, 2.75) is 19.3 Å². The van der Waals surface area contributed by atoms with Crippen molar-refractivity contribution < 1.29 is 13.5 Å². The van der Waals surface area contributed by atoms with E-state index in [1.807, 2.05) is 0 Å². The highest BCUT2D eigenvalue weighted by atomic mass is 32.2. The monoisotopic (exact) mass is 250 g/mol. The molecule has 0 radical (unpaired) electrons. The van der Waals surface area contributed by atoms with E-state index in [0.29, 0.717) is 19.0 Å². The fourth-order valence-electron chi connectivity index (χ4n) is 2.00. The average molecular weight is 250 g/mol. The van der Waals surface area contributed by atoms with Crippen LogP contribution in [-0.4, -0.2) is 56.9 Å². The van der Waals surface area contributed by atoms with Gasteiger partial charge in [-0.15, -0.1) is 0 Å². The van der Waals surface area contributed by atoms with Crippen LogP contribution in [0.25, 0.3) is 0 Å². The average Bonchev–Trinajstić information content (AvgIpc) is 2.24. The molecular formula is C10H22N2O3S. The van der Waals surface area contributed by atoms with E-state index in [-0.39, 0.29) is 6.61 Å². The summed E-state index contributed by atoms with van der Waals surface area (Å²) < 4.78 is 24.3. The Morgan fingerprint density at radius 3 is 2.88 bits per heavy atom. The maximum absolute atomic E-state index is 11.4. The molecule has 2 N–H and O–H groups in total. The molecule has 5 nitrogen and oxygen atoms in total. The standard InChI is InChI=1S/C10H22N2O3S/c1-16(14,15)12-6-2-4-10(9-12)8-11-5-3-7-13/h10-11,13H,2-9H2,1H3. The Hall–Kier alpha value is -0.170. The number of nitrogens with zero attached hydrogens (tertiary/aromatic N) is 1. The van der Waals surface area contributed by atoms with Gasteiger partial charge in [0, 0.05) is 19.7 Å². The third-order valence-electron chi connectivity index (χ3n) is 2.90. The van der Waals surface area contributed by atoms with Gasteiger partial charge in [-0.05, 0) is 38.3 Å². The molecule has 1 unspecified atom stereocenters. The van der Waals surface area contributed by atoms with E-state index in [9.17, 15) is 8.42 Å². The quantitative estimate of drug-likeness (QED) is 0.631. The minimum Gasteiger partial charge on any atom is -0.396 e. The first-order valence-corrected chi connectivity index (χ1v) is 7.65. The molecule has 1 saturated heterocycles. The smallest absolute Gasteiger partial charge is 0.211 e. The maximum atomic E-state index is 11.4. The molecule has 1 aliphatic rings. The molecule has 0 amide bonds. The number of aliphatic hydroxyl groups excluding tert-OH is 1. The van der Waals surface area contributed by atoms with E-state index in [4.69, 9.17) is 5.11 Å². The van der Waals surface area contributed by atoms with Crippen LogP contribution in [0.15, 0.2) is 0 Å². The van der Waals surface area contributed by atoms with E-state index in [2.05, 4.69) is 5.32 Å². The summed E-state index contributed by atoms with van der Waals surface area (Å²) in [5.74, 6) is 0.405. The largest absolute Gasteiger partial charge is 0.396 e. The highest BCUT2D eigenvalue weighted by Gasteiger charge is 2.25. The van der Waals surface area contributed by atoms with Crippen LogP contribution in [0, 0.1) is 5.92 Å². The second-order valence-electron chi connectivity index (χ2n) is 4.41. The summed E-state index contributed by atoms with van der Waals surface area (Å²) in [4.78, 5) is 0. The van der Waals surface area contributed by atoms with Crippen LogP contribution in [0.1, 0.15) is 19.3 Å². The van der Waals surface area contributed by atoms with Gasteiger partial charge in [-0.2, -0.15) is 0 Å². The van der Waals surface area contributed by atoms with Crippen molar-refractivity contribution in [3.05, 3.63) is 0 Å². The SMILES string of the molecule is CS(=O)(=O)N1CCCC(CNCCCO)C1. The summed E-state index contributed by atoms with van der Waals surface area (Å²) in [6.07, 6.45) is 4.05. The van der Waals surface area contributed by atoms with Crippen molar-refractivity contribution in [3.63, 3.8) is 0 Å². The van der Waals surface area contributed by atoms with Crippen LogP contribution in [0.2, 0.25) is 0 Å². The third-order valence-corrected chi connectivity index (χ3v) is 4.17. The van der Waals surface area contributed by atoms with Crippen LogP contribution in [0.3, 0.4) is 0 Å². The van der Waals surface area contributed by atoms with Gasteiger partial charge in [0.25, 0.3) is 0 Å². The van der Waals surface area contributed by atoms with Crippen molar-refractivity contribution >= 4 is 10.0 Å². The van der Waals surface area contributed by atoms with Crippen LogP contribution >= 0.6 is 0 Å². The van der Waals surface area contributed by atoms with E-state index in [1.54, 1.807) is 4.31 Å². The van der Waals surface area contributed by atoms with Gasteiger partial charge < -0.3 is 10.4 Å². The molecule has 0 aromatic heterocycles. The van der Waals surface area contributed by atoms with Gasteiger partial charge in [0.2, 0.25) is 10.0 Å². The van der Waals surface area contributed by atoms with Crippen molar-refractivity contribution in [3.8, 4) is 0 Å². The molecule has 16 heavy (non-hydrogen) atoms. The van der Waals surface area contributed by atoms with Gasteiger partial charge in [-0.25, -0.2) is 12.7 Å². The Morgan fingerprint density at radius 1 is 1.50 bits per heavy atom. The number of hydrogen-bond acceptors (Lipinski definition) is 4. The number of hydrogen-bond donors (Lipinski definition) is 2. The minimum atomic E-state index is -3.03. The van der Waals surface area contributed by atoms with Crippen LogP contribution in [0.5, 0.6) is 0 Å². The number of rotatable bonds is 6. The lowest BCUT2D eigenvalue weighted by molar-refractivity contribution is 0.254. The molecule has 1 rings (SSSR count). The fourth-order valence-corrected chi connectivity index (χ4v) is 2.95. The molecule has 96 valence electrons. The zero-order chi connectivity index (χ0) is 12.0. The first kappa shape index (κ1) is 13.9. The molecule has 0 spiro atoms. The lowest BCUT2D eigenvalue weighted by Crippen LogP contribution is -2.42. The lowest BCUT2D eigenvalue weighted by atomic mass is 10.00. The predicted molar refractivity (Wildman–Crippen MR) is 63.7 cm³/mol. The number of sulfonamides is 1. The second-order valence-corrected chi connectivity index (χ2v) is 6.39. The van der Waals surface area contributed by atoms with Crippen molar-refractivity contribution in [1.82, 2.24) is 9.62 Å². The highest BCUT2D eigenvalue weighted by molar-refractivity contribution is 7.88. The van der Waals surface area contributed by atoms with E-state index < -0.39 is 10.0 Å². The highest BCUT2D eigenvalue weighted by Crippen LogP contribution is 2.17. The molecule has 0 bridgehead atoms. The molecule has 1 fully saturated rings. The molecule has 1 atom stereocenters. The van der Waals surface area contributed by atoms with Gasteiger partial charge in [0.05, 0.1) is 6.26 Å². The Bertz CT molecular complexity index is 292. The first-order valence-electron chi connectivity index (χ1n) is 5.80. The second kappa shape index (κ2) is 6.54. The van der Waals surface area contributed by atoms with Crippen molar-refractivity contribution in [2.24, 2.45) is 5.92 Å². The molecule has 0 aromatic carbocycles. The van der Waals surface area contributed by atoms with Crippen LogP contribution in [0.4, 0.5) is 0 Å². The number of aliphatic hydroxyl groups is 1. The fraction of sp³-hybridized carbons (Fsp3) is 1.00. The summed E-state index contributed by atoms with van der Waals surface area (Å²) in [5.41, 5.74) is 0. The van der Waals surface area contributed by atoms with Crippen LogP contribution < -0.4 is 5.32 Å². The Morgan fingerprint density at radius 2 is 2.25 bits per heavy atom. The molecule has 0 saturated carbocycles. The number of piperidine rings is 1. The molecule has 1 aliphatic heterocycles. The normalized spacial score (nSPS) is 23.5. The maximum Gasteiger partial charge on any atom is 0.211 e. The molecule has 1 heterocycles.